The Kier molecular flexibility index (Phi) is 5.73. The van der Waals surface area contributed by atoms with E-state index in [-0.39, 0.29) is 5.91 Å². The van der Waals surface area contributed by atoms with Crippen LogP contribution in [0.5, 0.6) is 17.2 Å². The Labute approximate surface area is 186 Å². The molecule has 32 heavy (non-hydrogen) atoms. The number of carbonyl (C=O) groups is 1. The second-order valence-electron chi connectivity index (χ2n) is 7.45. The van der Waals surface area contributed by atoms with E-state index < -0.39 is 0 Å². The zero-order chi connectivity index (χ0) is 22.8. The molecule has 0 aliphatic rings. The second-order valence-corrected chi connectivity index (χ2v) is 7.45. The van der Waals surface area contributed by atoms with E-state index in [1.165, 1.54) is 21.3 Å². The van der Waals surface area contributed by atoms with Crippen LogP contribution in [0, 0.1) is 13.8 Å². The largest absolute Gasteiger partial charge is 0.493 e. The standard InChI is InChI=1S/C25H25N3O4/c1-15-8-9-17(20-14-28-10-6-7-16(2)24(28)26-20)11-19(15)27-25(29)18-12-21(30-3)23(32-5)22(13-18)31-4/h6-14H,1-5H3,(H,27,29). The number of hydrogen-bond acceptors (Lipinski definition) is 5. The Hall–Kier alpha value is -4.00. The van der Waals surface area contributed by atoms with Crippen LogP contribution in [0.1, 0.15) is 21.5 Å². The number of imidazole rings is 1. The van der Waals surface area contributed by atoms with Gasteiger partial charge in [-0.15, -0.1) is 0 Å². The van der Waals surface area contributed by atoms with Gasteiger partial charge in [-0.1, -0.05) is 18.2 Å². The molecule has 2 aromatic heterocycles. The van der Waals surface area contributed by atoms with Crippen LogP contribution in [-0.4, -0.2) is 36.6 Å². The van der Waals surface area contributed by atoms with Crippen LogP contribution < -0.4 is 19.5 Å². The molecule has 0 aliphatic carbocycles. The first-order valence-electron chi connectivity index (χ1n) is 10.1. The maximum Gasteiger partial charge on any atom is 0.255 e. The van der Waals surface area contributed by atoms with Crippen molar-refractivity contribution in [3.05, 3.63) is 71.5 Å². The Balaban J connectivity index is 1.67. The number of nitrogens with one attached hydrogen (secondary N) is 1. The van der Waals surface area contributed by atoms with Gasteiger partial charge in [0.05, 0.1) is 27.0 Å². The van der Waals surface area contributed by atoms with Gasteiger partial charge in [0.15, 0.2) is 11.5 Å². The Morgan fingerprint density at radius 3 is 2.28 bits per heavy atom. The molecule has 4 aromatic rings. The number of rotatable bonds is 6. The molecule has 7 heteroatoms. The third kappa shape index (κ3) is 3.85. The summed E-state index contributed by atoms with van der Waals surface area (Å²) in [6.45, 7) is 3.98. The van der Waals surface area contributed by atoms with Gasteiger partial charge in [-0.05, 0) is 49.2 Å². The van der Waals surface area contributed by atoms with Crippen LogP contribution in [0.2, 0.25) is 0 Å². The van der Waals surface area contributed by atoms with Crippen molar-refractivity contribution in [1.82, 2.24) is 9.38 Å². The molecular weight excluding hydrogens is 406 g/mol. The van der Waals surface area contributed by atoms with E-state index in [4.69, 9.17) is 19.2 Å². The van der Waals surface area contributed by atoms with Crippen molar-refractivity contribution in [2.45, 2.75) is 13.8 Å². The summed E-state index contributed by atoms with van der Waals surface area (Å²) in [4.78, 5) is 17.8. The van der Waals surface area contributed by atoms with Crippen LogP contribution in [-0.2, 0) is 0 Å². The summed E-state index contributed by atoms with van der Waals surface area (Å²) in [5.74, 6) is 0.993. The molecule has 0 saturated heterocycles. The number of carbonyl (C=O) groups excluding carboxylic acids is 1. The normalized spacial score (nSPS) is 10.8. The van der Waals surface area contributed by atoms with Gasteiger partial charge in [0, 0.05) is 29.2 Å². The highest BCUT2D eigenvalue weighted by molar-refractivity contribution is 6.05. The van der Waals surface area contributed by atoms with E-state index in [0.29, 0.717) is 28.5 Å². The van der Waals surface area contributed by atoms with Crippen molar-refractivity contribution < 1.29 is 19.0 Å². The maximum atomic E-state index is 13.1. The third-order valence-corrected chi connectivity index (χ3v) is 5.39. The average Bonchev–Trinajstić information content (AvgIpc) is 3.25. The summed E-state index contributed by atoms with van der Waals surface area (Å²) in [6.07, 6.45) is 3.96. The molecule has 0 fully saturated rings. The number of ether oxygens (including phenoxy) is 3. The molecule has 0 aliphatic heterocycles. The van der Waals surface area contributed by atoms with Gasteiger partial charge in [-0.2, -0.15) is 0 Å². The SMILES string of the molecule is COc1cc(C(=O)Nc2cc(-c3cn4cccc(C)c4n3)ccc2C)cc(OC)c1OC. The minimum Gasteiger partial charge on any atom is -0.493 e. The number of hydrogen-bond donors (Lipinski definition) is 1. The molecule has 0 radical (unpaired) electrons. The summed E-state index contributed by atoms with van der Waals surface area (Å²) in [6, 6.07) is 13.2. The fourth-order valence-corrected chi connectivity index (χ4v) is 3.62. The van der Waals surface area contributed by atoms with Crippen LogP contribution in [0.25, 0.3) is 16.9 Å². The highest BCUT2D eigenvalue weighted by Crippen LogP contribution is 2.38. The number of aromatic nitrogens is 2. The van der Waals surface area contributed by atoms with Gasteiger partial charge in [0.1, 0.15) is 5.65 Å². The van der Waals surface area contributed by atoms with E-state index >= 15 is 0 Å². The van der Waals surface area contributed by atoms with Gasteiger partial charge >= 0.3 is 0 Å². The topological polar surface area (TPSA) is 74.1 Å². The van der Waals surface area contributed by atoms with Crippen molar-refractivity contribution in [3.8, 4) is 28.5 Å². The molecule has 0 spiro atoms. The van der Waals surface area contributed by atoms with Crippen molar-refractivity contribution in [1.29, 1.82) is 0 Å². The molecule has 4 rings (SSSR count). The van der Waals surface area contributed by atoms with Crippen LogP contribution in [0.15, 0.2) is 54.9 Å². The lowest BCUT2D eigenvalue weighted by Crippen LogP contribution is -2.13. The highest BCUT2D eigenvalue weighted by atomic mass is 16.5. The van der Waals surface area contributed by atoms with Gasteiger partial charge in [-0.3, -0.25) is 4.79 Å². The Morgan fingerprint density at radius 1 is 0.938 bits per heavy atom. The fourth-order valence-electron chi connectivity index (χ4n) is 3.62. The molecule has 1 amide bonds. The number of aryl methyl sites for hydroxylation is 2. The first-order chi connectivity index (χ1) is 15.4. The second kappa shape index (κ2) is 8.63. The molecule has 2 heterocycles. The highest BCUT2D eigenvalue weighted by Gasteiger charge is 2.18. The first-order valence-corrected chi connectivity index (χ1v) is 10.1. The number of amides is 1. The van der Waals surface area contributed by atoms with E-state index in [0.717, 1.165) is 28.0 Å². The van der Waals surface area contributed by atoms with E-state index in [9.17, 15) is 4.79 Å². The molecular formula is C25H25N3O4. The Bertz CT molecular complexity index is 1290. The summed E-state index contributed by atoms with van der Waals surface area (Å²) in [7, 11) is 4.56. The summed E-state index contributed by atoms with van der Waals surface area (Å²) in [5, 5.41) is 3.00. The quantitative estimate of drug-likeness (QED) is 0.470. The zero-order valence-electron chi connectivity index (χ0n) is 18.7. The van der Waals surface area contributed by atoms with Gasteiger partial charge in [0.2, 0.25) is 5.75 Å². The van der Waals surface area contributed by atoms with Crippen molar-refractivity contribution in [2.75, 3.05) is 26.6 Å². The van der Waals surface area contributed by atoms with Gasteiger partial charge in [-0.25, -0.2) is 4.98 Å². The number of nitrogens with zero attached hydrogens (tertiary/aromatic N) is 2. The lowest BCUT2D eigenvalue weighted by molar-refractivity contribution is 0.102. The van der Waals surface area contributed by atoms with Gasteiger partial charge in [0.25, 0.3) is 5.91 Å². The summed E-state index contributed by atoms with van der Waals surface area (Å²) >= 11 is 0. The van der Waals surface area contributed by atoms with E-state index in [2.05, 4.69) is 5.32 Å². The molecule has 0 unspecified atom stereocenters. The summed E-state index contributed by atoms with van der Waals surface area (Å²) < 4.78 is 18.1. The number of benzene rings is 2. The number of methoxy groups -OCH3 is 3. The predicted octanol–water partition coefficient (Wildman–Crippen LogP) is 4.90. The van der Waals surface area contributed by atoms with Crippen molar-refractivity contribution >= 4 is 17.2 Å². The molecule has 0 atom stereocenters. The monoisotopic (exact) mass is 431 g/mol. The predicted molar refractivity (Wildman–Crippen MR) is 124 cm³/mol. The van der Waals surface area contributed by atoms with Crippen LogP contribution in [0.4, 0.5) is 5.69 Å². The smallest absolute Gasteiger partial charge is 0.255 e. The average molecular weight is 431 g/mol. The van der Waals surface area contributed by atoms with E-state index in [1.807, 2.05) is 61.0 Å². The number of anilines is 1. The fraction of sp³-hybridized carbons (Fsp3) is 0.200. The van der Waals surface area contributed by atoms with Gasteiger partial charge < -0.3 is 23.9 Å². The minimum atomic E-state index is -0.282. The molecule has 1 N–H and O–H groups in total. The Morgan fingerprint density at radius 2 is 1.66 bits per heavy atom. The molecule has 0 bridgehead atoms. The first kappa shape index (κ1) is 21.2. The molecule has 0 saturated carbocycles. The van der Waals surface area contributed by atoms with Crippen molar-refractivity contribution in [3.63, 3.8) is 0 Å². The third-order valence-electron chi connectivity index (χ3n) is 5.39. The number of fused-ring (bicyclic) bond motifs is 1. The van der Waals surface area contributed by atoms with E-state index in [1.54, 1.807) is 12.1 Å². The van der Waals surface area contributed by atoms with Crippen LogP contribution in [0.3, 0.4) is 0 Å². The molecule has 2 aromatic carbocycles. The zero-order valence-corrected chi connectivity index (χ0v) is 18.7. The molecule has 164 valence electrons. The summed E-state index contributed by atoms with van der Waals surface area (Å²) in [5.41, 5.74) is 5.80. The lowest BCUT2D eigenvalue weighted by atomic mass is 10.1. The lowest BCUT2D eigenvalue weighted by Gasteiger charge is -2.15. The van der Waals surface area contributed by atoms with Crippen molar-refractivity contribution in [2.24, 2.45) is 0 Å². The molecule has 7 nitrogen and oxygen atoms in total. The number of pyridine rings is 1. The van der Waals surface area contributed by atoms with Crippen LogP contribution >= 0.6 is 0 Å². The maximum absolute atomic E-state index is 13.1. The minimum absolute atomic E-state index is 0.282.